The molecule has 3 N–H and O–H groups in total. The van der Waals surface area contributed by atoms with Gasteiger partial charge in [-0.25, -0.2) is 4.98 Å². The molecule has 0 saturated heterocycles. The van der Waals surface area contributed by atoms with E-state index in [0.29, 0.717) is 10.7 Å². The Labute approximate surface area is 108 Å². The van der Waals surface area contributed by atoms with E-state index in [4.69, 9.17) is 18.0 Å². The Morgan fingerprint density at radius 3 is 3.00 bits per heavy atom. The topological polar surface area (TPSA) is 50.9 Å². The standard InChI is InChI=1S/C13H19N3S/c1-9-5-6-10(7-9)8-15-12-4-2-3-11(16-12)13(14)17/h2-4,9-10H,5-8H2,1H3,(H2,14,17)(H,15,16). The smallest absolute Gasteiger partial charge is 0.126 e. The summed E-state index contributed by atoms with van der Waals surface area (Å²) >= 11 is 4.92. The predicted molar refractivity (Wildman–Crippen MR) is 75.1 cm³/mol. The van der Waals surface area contributed by atoms with Crippen LogP contribution in [0.4, 0.5) is 5.82 Å². The number of hydrogen-bond acceptors (Lipinski definition) is 3. The second-order valence-electron chi connectivity index (χ2n) is 4.94. The van der Waals surface area contributed by atoms with E-state index in [1.807, 2.05) is 18.2 Å². The van der Waals surface area contributed by atoms with Crippen molar-refractivity contribution in [2.45, 2.75) is 26.2 Å². The highest BCUT2D eigenvalue weighted by molar-refractivity contribution is 7.80. The van der Waals surface area contributed by atoms with Crippen molar-refractivity contribution in [2.24, 2.45) is 17.6 Å². The Hall–Kier alpha value is -1.16. The quantitative estimate of drug-likeness (QED) is 0.805. The first-order valence-electron chi connectivity index (χ1n) is 6.16. The minimum atomic E-state index is 0.350. The van der Waals surface area contributed by atoms with Gasteiger partial charge in [0.25, 0.3) is 0 Å². The van der Waals surface area contributed by atoms with Crippen molar-refractivity contribution in [1.82, 2.24) is 4.98 Å². The van der Waals surface area contributed by atoms with Crippen molar-refractivity contribution in [3.05, 3.63) is 23.9 Å². The third-order valence-corrected chi connectivity index (χ3v) is 3.59. The molecule has 1 saturated carbocycles. The molecule has 2 atom stereocenters. The summed E-state index contributed by atoms with van der Waals surface area (Å²) in [7, 11) is 0. The summed E-state index contributed by atoms with van der Waals surface area (Å²) in [5, 5.41) is 3.38. The molecule has 0 amide bonds. The molecule has 92 valence electrons. The summed E-state index contributed by atoms with van der Waals surface area (Å²) in [5.74, 6) is 2.52. The van der Waals surface area contributed by atoms with Gasteiger partial charge in [0.15, 0.2) is 0 Å². The Morgan fingerprint density at radius 2 is 2.35 bits per heavy atom. The van der Waals surface area contributed by atoms with Crippen LogP contribution in [0.25, 0.3) is 0 Å². The Kier molecular flexibility index (Phi) is 3.94. The number of hydrogen-bond donors (Lipinski definition) is 2. The number of pyridine rings is 1. The van der Waals surface area contributed by atoms with Crippen LogP contribution >= 0.6 is 12.2 Å². The van der Waals surface area contributed by atoms with Crippen LogP contribution in [-0.2, 0) is 0 Å². The van der Waals surface area contributed by atoms with E-state index in [2.05, 4.69) is 17.2 Å². The molecule has 0 bridgehead atoms. The molecule has 4 heteroatoms. The molecule has 1 aliphatic carbocycles. The van der Waals surface area contributed by atoms with E-state index >= 15 is 0 Å². The Bertz CT molecular complexity index is 405. The maximum absolute atomic E-state index is 5.56. The SMILES string of the molecule is CC1CCC(CNc2cccc(C(N)=S)n2)C1. The molecule has 1 aromatic rings. The summed E-state index contributed by atoms with van der Waals surface area (Å²) in [6.07, 6.45) is 4.00. The van der Waals surface area contributed by atoms with Crippen LogP contribution in [0.1, 0.15) is 31.9 Å². The van der Waals surface area contributed by atoms with Gasteiger partial charge >= 0.3 is 0 Å². The average Bonchev–Trinajstić information content (AvgIpc) is 2.73. The van der Waals surface area contributed by atoms with Crippen LogP contribution in [0.5, 0.6) is 0 Å². The largest absolute Gasteiger partial charge is 0.388 e. The zero-order valence-electron chi connectivity index (χ0n) is 10.1. The number of anilines is 1. The zero-order chi connectivity index (χ0) is 12.3. The zero-order valence-corrected chi connectivity index (χ0v) is 11.0. The highest BCUT2D eigenvalue weighted by Gasteiger charge is 2.20. The Balaban J connectivity index is 1.90. The fourth-order valence-electron chi connectivity index (χ4n) is 2.43. The normalized spacial score (nSPS) is 23.6. The van der Waals surface area contributed by atoms with Crippen LogP contribution in [-0.4, -0.2) is 16.5 Å². The molecule has 3 nitrogen and oxygen atoms in total. The van der Waals surface area contributed by atoms with Gasteiger partial charge < -0.3 is 11.1 Å². The highest BCUT2D eigenvalue weighted by Crippen LogP contribution is 2.30. The van der Waals surface area contributed by atoms with E-state index in [1.165, 1.54) is 19.3 Å². The lowest BCUT2D eigenvalue weighted by Gasteiger charge is -2.12. The van der Waals surface area contributed by atoms with Crippen molar-refractivity contribution in [1.29, 1.82) is 0 Å². The van der Waals surface area contributed by atoms with Gasteiger partial charge in [-0.05, 0) is 36.8 Å². The number of thiocarbonyl (C=S) groups is 1. The number of nitrogens with zero attached hydrogens (tertiary/aromatic N) is 1. The lowest BCUT2D eigenvalue weighted by atomic mass is 10.1. The first kappa shape index (κ1) is 12.3. The van der Waals surface area contributed by atoms with Gasteiger partial charge in [0.1, 0.15) is 10.8 Å². The summed E-state index contributed by atoms with van der Waals surface area (Å²) in [5.41, 5.74) is 6.25. The summed E-state index contributed by atoms with van der Waals surface area (Å²) < 4.78 is 0. The van der Waals surface area contributed by atoms with Crippen molar-refractivity contribution >= 4 is 23.0 Å². The molecule has 2 rings (SSSR count). The van der Waals surface area contributed by atoms with Gasteiger partial charge in [-0.2, -0.15) is 0 Å². The van der Waals surface area contributed by atoms with Crippen molar-refractivity contribution in [2.75, 3.05) is 11.9 Å². The third kappa shape index (κ3) is 3.40. The van der Waals surface area contributed by atoms with Crippen LogP contribution < -0.4 is 11.1 Å². The lowest BCUT2D eigenvalue weighted by Crippen LogP contribution is -2.15. The monoisotopic (exact) mass is 249 g/mol. The number of aromatic nitrogens is 1. The maximum atomic E-state index is 5.56. The van der Waals surface area contributed by atoms with Gasteiger partial charge in [0.2, 0.25) is 0 Å². The van der Waals surface area contributed by atoms with E-state index in [1.54, 1.807) is 0 Å². The van der Waals surface area contributed by atoms with Crippen LogP contribution in [0.3, 0.4) is 0 Å². The van der Waals surface area contributed by atoms with Gasteiger partial charge in [-0.1, -0.05) is 31.6 Å². The maximum Gasteiger partial charge on any atom is 0.126 e. The lowest BCUT2D eigenvalue weighted by molar-refractivity contribution is 0.536. The average molecular weight is 249 g/mol. The molecular formula is C13H19N3S. The molecule has 2 unspecified atom stereocenters. The molecule has 0 spiro atoms. The minimum Gasteiger partial charge on any atom is -0.388 e. The van der Waals surface area contributed by atoms with Gasteiger partial charge in [-0.3, -0.25) is 0 Å². The summed E-state index contributed by atoms with van der Waals surface area (Å²) in [4.78, 5) is 4.73. The van der Waals surface area contributed by atoms with Crippen molar-refractivity contribution in [3.8, 4) is 0 Å². The molecule has 1 aromatic heterocycles. The molecule has 1 fully saturated rings. The van der Waals surface area contributed by atoms with E-state index in [0.717, 1.165) is 24.2 Å². The first-order chi connectivity index (χ1) is 8.15. The highest BCUT2D eigenvalue weighted by atomic mass is 32.1. The third-order valence-electron chi connectivity index (χ3n) is 3.38. The molecule has 0 radical (unpaired) electrons. The van der Waals surface area contributed by atoms with Crippen molar-refractivity contribution in [3.63, 3.8) is 0 Å². The van der Waals surface area contributed by atoms with Crippen LogP contribution in [0, 0.1) is 11.8 Å². The summed E-state index contributed by atoms with van der Waals surface area (Å²) in [6, 6.07) is 5.73. The van der Waals surface area contributed by atoms with Crippen molar-refractivity contribution < 1.29 is 0 Å². The first-order valence-corrected chi connectivity index (χ1v) is 6.56. The number of nitrogens with one attached hydrogen (secondary N) is 1. The predicted octanol–water partition coefficient (Wildman–Crippen LogP) is 2.56. The van der Waals surface area contributed by atoms with E-state index in [9.17, 15) is 0 Å². The van der Waals surface area contributed by atoms with Gasteiger partial charge in [0.05, 0.1) is 5.69 Å². The minimum absolute atomic E-state index is 0.350. The fraction of sp³-hybridized carbons (Fsp3) is 0.538. The number of nitrogens with two attached hydrogens (primary N) is 1. The molecule has 0 aliphatic heterocycles. The number of rotatable bonds is 4. The Morgan fingerprint density at radius 1 is 1.53 bits per heavy atom. The second-order valence-corrected chi connectivity index (χ2v) is 5.38. The molecule has 0 aromatic carbocycles. The fourth-order valence-corrected chi connectivity index (χ4v) is 2.54. The molecule has 1 heterocycles. The second kappa shape index (κ2) is 5.45. The molecule has 17 heavy (non-hydrogen) atoms. The van der Waals surface area contributed by atoms with E-state index < -0.39 is 0 Å². The van der Waals surface area contributed by atoms with Crippen LogP contribution in [0.2, 0.25) is 0 Å². The van der Waals surface area contributed by atoms with E-state index in [-0.39, 0.29) is 0 Å². The van der Waals surface area contributed by atoms with Crippen LogP contribution in [0.15, 0.2) is 18.2 Å². The van der Waals surface area contributed by atoms with Gasteiger partial charge in [0, 0.05) is 6.54 Å². The molecule has 1 aliphatic rings. The van der Waals surface area contributed by atoms with Gasteiger partial charge in [-0.15, -0.1) is 0 Å². The summed E-state index contributed by atoms with van der Waals surface area (Å²) in [6.45, 7) is 3.32. The molecular weight excluding hydrogens is 230 g/mol.